The van der Waals surface area contributed by atoms with Gasteiger partial charge >= 0.3 is 11.9 Å². The smallest absolute Gasteiger partial charge is 0.330 e. The molecule has 1 aliphatic carbocycles. The fraction of sp³-hybridized carbons (Fsp3) is 0.500. The summed E-state index contributed by atoms with van der Waals surface area (Å²) in [4.78, 5) is 21.9. The fourth-order valence-corrected chi connectivity index (χ4v) is 5.24. The van der Waals surface area contributed by atoms with Gasteiger partial charge in [0.05, 0.1) is 52.9 Å². The van der Waals surface area contributed by atoms with E-state index in [1.165, 1.54) is 30.4 Å². The van der Waals surface area contributed by atoms with Crippen molar-refractivity contribution in [1.82, 2.24) is 0 Å². The third kappa shape index (κ3) is 13.3. The van der Waals surface area contributed by atoms with E-state index < -0.39 is 11.9 Å². The van der Waals surface area contributed by atoms with Crippen molar-refractivity contribution in [3.63, 3.8) is 0 Å². The molecule has 10 nitrogen and oxygen atoms in total. The summed E-state index contributed by atoms with van der Waals surface area (Å²) >= 11 is 0. The predicted octanol–water partition coefficient (Wildman–Crippen LogP) is 5.22. The summed E-state index contributed by atoms with van der Waals surface area (Å²) in [6.07, 6.45) is 8.10. The van der Waals surface area contributed by atoms with Crippen LogP contribution in [-0.2, 0) is 43.4 Å². The van der Waals surface area contributed by atoms with E-state index in [0.717, 1.165) is 36.5 Å². The molecule has 0 N–H and O–H groups in total. The highest BCUT2D eigenvalue weighted by Crippen LogP contribution is 2.45. The number of hydrogen-bond acceptors (Lipinski definition) is 10. The van der Waals surface area contributed by atoms with Crippen LogP contribution in [0.3, 0.4) is 0 Å². The Balaban J connectivity index is 1.36. The maximum atomic E-state index is 11.0. The zero-order valence-electron chi connectivity index (χ0n) is 26.8. The molecule has 0 aromatic heterocycles. The summed E-state index contributed by atoms with van der Waals surface area (Å²) in [5, 5.41) is 0. The van der Waals surface area contributed by atoms with Crippen LogP contribution in [-0.4, -0.2) is 91.2 Å². The van der Waals surface area contributed by atoms with Crippen molar-refractivity contribution in [2.45, 2.75) is 37.5 Å². The normalized spacial score (nSPS) is 13.8. The van der Waals surface area contributed by atoms with Crippen LogP contribution in [0.1, 0.15) is 43.2 Å². The third-order valence-electron chi connectivity index (χ3n) is 7.54. The van der Waals surface area contributed by atoms with Crippen LogP contribution in [0.15, 0.2) is 73.8 Å². The lowest BCUT2D eigenvalue weighted by Crippen LogP contribution is -2.30. The number of carbonyl (C=O) groups excluding carboxylic acids is 2. The topological polar surface area (TPSA) is 108 Å². The van der Waals surface area contributed by atoms with Gasteiger partial charge in [0.25, 0.3) is 0 Å². The molecule has 0 amide bonds. The summed E-state index contributed by atoms with van der Waals surface area (Å²) in [7, 11) is 0. The summed E-state index contributed by atoms with van der Waals surface area (Å²) in [5.41, 5.74) is 2.57. The molecular formula is C36H48O10. The minimum absolute atomic E-state index is 0.0322. The molecule has 0 atom stereocenters. The molecule has 0 aliphatic heterocycles. The maximum Gasteiger partial charge on any atom is 0.330 e. The van der Waals surface area contributed by atoms with E-state index in [1.54, 1.807) is 0 Å². The van der Waals surface area contributed by atoms with Gasteiger partial charge in [0.15, 0.2) is 0 Å². The highest BCUT2D eigenvalue weighted by molar-refractivity contribution is 5.81. The molecular weight excluding hydrogens is 592 g/mol. The van der Waals surface area contributed by atoms with Crippen LogP contribution < -0.4 is 9.47 Å². The Bertz CT molecular complexity index is 1070. The third-order valence-corrected chi connectivity index (χ3v) is 7.54. The lowest BCUT2D eigenvalue weighted by molar-refractivity contribution is -0.140. The molecule has 46 heavy (non-hydrogen) atoms. The first kappa shape index (κ1) is 36.8. The van der Waals surface area contributed by atoms with Gasteiger partial charge in [-0.1, -0.05) is 56.7 Å². The van der Waals surface area contributed by atoms with Gasteiger partial charge in [-0.3, -0.25) is 0 Å². The average molecular weight is 641 g/mol. The van der Waals surface area contributed by atoms with Gasteiger partial charge < -0.3 is 37.9 Å². The van der Waals surface area contributed by atoms with Crippen molar-refractivity contribution in [2.75, 3.05) is 79.3 Å². The van der Waals surface area contributed by atoms with E-state index in [0.29, 0.717) is 66.1 Å². The first-order chi connectivity index (χ1) is 22.6. The van der Waals surface area contributed by atoms with E-state index in [-0.39, 0.29) is 18.6 Å². The van der Waals surface area contributed by atoms with Crippen LogP contribution in [0.5, 0.6) is 11.5 Å². The van der Waals surface area contributed by atoms with Gasteiger partial charge in [0.2, 0.25) is 0 Å². The molecule has 1 saturated carbocycles. The number of rotatable bonds is 24. The molecule has 3 rings (SSSR count). The second-order valence-corrected chi connectivity index (χ2v) is 10.6. The van der Waals surface area contributed by atoms with E-state index in [1.807, 2.05) is 24.3 Å². The Morgan fingerprint density at radius 2 is 0.870 bits per heavy atom. The maximum absolute atomic E-state index is 11.0. The average Bonchev–Trinajstić information content (AvgIpc) is 3.10. The van der Waals surface area contributed by atoms with Crippen molar-refractivity contribution in [2.24, 2.45) is 0 Å². The zero-order chi connectivity index (χ0) is 32.7. The standard InChI is InChI=1S/C36H48O10/c1-3-34(37)45-28-24-41-20-18-39-22-26-43-32-12-8-30(9-13-32)36(16-6-5-7-17-36)31-10-14-33(15-11-31)44-27-23-40-19-21-42-25-29-46-35(38)4-2/h3-4,8-15H,1-2,5-7,16-29H2. The molecule has 0 bridgehead atoms. The molecule has 0 unspecified atom stereocenters. The molecule has 2 aromatic carbocycles. The molecule has 0 radical (unpaired) electrons. The van der Waals surface area contributed by atoms with E-state index >= 15 is 0 Å². The number of esters is 2. The summed E-state index contributed by atoms with van der Waals surface area (Å²) in [6, 6.07) is 16.9. The predicted molar refractivity (Wildman–Crippen MR) is 173 cm³/mol. The fourth-order valence-electron chi connectivity index (χ4n) is 5.24. The quantitative estimate of drug-likeness (QED) is 0.0861. The number of benzene rings is 2. The van der Waals surface area contributed by atoms with Crippen molar-refractivity contribution in [1.29, 1.82) is 0 Å². The van der Waals surface area contributed by atoms with Crippen molar-refractivity contribution in [3.05, 3.63) is 85.0 Å². The molecule has 252 valence electrons. The van der Waals surface area contributed by atoms with Crippen LogP contribution in [0.25, 0.3) is 0 Å². The van der Waals surface area contributed by atoms with Crippen molar-refractivity contribution in [3.8, 4) is 11.5 Å². The highest BCUT2D eigenvalue weighted by Gasteiger charge is 2.35. The molecule has 1 aliphatic rings. The second kappa shape index (κ2) is 21.9. The monoisotopic (exact) mass is 640 g/mol. The second-order valence-electron chi connectivity index (χ2n) is 10.6. The van der Waals surface area contributed by atoms with Crippen LogP contribution in [0, 0.1) is 0 Å². The number of carbonyl (C=O) groups is 2. The van der Waals surface area contributed by atoms with E-state index in [9.17, 15) is 9.59 Å². The summed E-state index contributed by atoms with van der Waals surface area (Å²) in [5.74, 6) is 0.707. The Morgan fingerprint density at radius 3 is 1.24 bits per heavy atom. The molecule has 10 heteroatoms. The summed E-state index contributed by atoms with van der Waals surface area (Å²) in [6.45, 7) is 11.2. The number of hydrogen-bond donors (Lipinski definition) is 0. The van der Waals surface area contributed by atoms with Gasteiger partial charge in [0.1, 0.15) is 37.9 Å². The van der Waals surface area contributed by atoms with Gasteiger partial charge in [0, 0.05) is 17.6 Å². The van der Waals surface area contributed by atoms with E-state index in [4.69, 9.17) is 37.9 Å². The molecule has 0 saturated heterocycles. The van der Waals surface area contributed by atoms with Gasteiger partial charge in [-0.25, -0.2) is 9.59 Å². The van der Waals surface area contributed by atoms with Crippen molar-refractivity contribution >= 4 is 11.9 Å². The van der Waals surface area contributed by atoms with Gasteiger partial charge in [-0.15, -0.1) is 0 Å². The molecule has 0 spiro atoms. The van der Waals surface area contributed by atoms with Gasteiger partial charge in [-0.05, 0) is 48.2 Å². The molecule has 2 aromatic rings. The number of ether oxygens (including phenoxy) is 8. The van der Waals surface area contributed by atoms with Crippen LogP contribution in [0.4, 0.5) is 0 Å². The largest absolute Gasteiger partial charge is 0.491 e. The Morgan fingerprint density at radius 1 is 0.522 bits per heavy atom. The Labute approximate surface area is 272 Å². The van der Waals surface area contributed by atoms with Crippen LogP contribution >= 0.6 is 0 Å². The first-order valence-electron chi connectivity index (χ1n) is 15.9. The minimum atomic E-state index is -0.457. The molecule has 1 fully saturated rings. The van der Waals surface area contributed by atoms with E-state index in [2.05, 4.69) is 37.4 Å². The lowest BCUT2D eigenvalue weighted by Gasteiger charge is -2.38. The van der Waals surface area contributed by atoms with Crippen LogP contribution in [0.2, 0.25) is 0 Å². The lowest BCUT2D eigenvalue weighted by atomic mass is 9.65. The Kier molecular flexibility index (Phi) is 17.5. The zero-order valence-corrected chi connectivity index (χ0v) is 26.8. The SMILES string of the molecule is C=CC(=O)OCCOCCOCCOc1ccc(C2(c3ccc(OCCOCCOCCOC(=O)C=C)cc3)CCCCC2)cc1. The molecule has 0 heterocycles. The first-order valence-corrected chi connectivity index (χ1v) is 15.9. The van der Waals surface area contributed by atoms with Crippen molar-refractivity contribution < 1.29 is 47.5 Å². The highest BCUT2D eigenvalue weighted by atomic mass is 16.6. The minimum Gasteiger partial charge on any atom is -0.491 e. The summed E-state index contributed by atoms with van der Waals surface area (Å²) < 4.78 is 43.3. The Hall–Kier alpha value is -3.70. The van der Waals surface area contributed by atoms with Gasteiger partial charge in [-0.2, -0.15) is 0 Å².